The summed E-state index contributed by atoms with van der Waals surface area (Å²) in [6, 6.07) is 8.52. The molecule has 0 spiro atoms. The molecule has 3 aromatic rings. The highest BCUT2D eigenvalue weighted by Crippen LogP contribution is 2.39. The van der Waals surface area contributed by atoms with E-state index in [1.807, 2.05) is 6.07 Å². The van der Waals surface area contributed by atoms with Crippen LogP contribution in [0.5, 0.6) is 28.7 Å². The lowest BCUT2D eigenvalue weighted by Gasteiger charge is -2.15. The van der Waals surface area contributed by atoms with Crippen molar-refractivity contribution >= 4 is 5.78 Å². The minimum absolute atomic E-state index is 0.270. The van der Waals surface area contributed by atoms with Gasteiger partial charge in [0.25, 0.3) is 0 Å². The number of rotatable bonds is 9. The topological polar surface area (TPSA) is 90.3 Å². The van der Waals surface area contributed by atoms with Crippen LogP contribution in [-0.2, 0) is 0 Å². The van der Waals surface area contributed by atoms with Crippen molar-refractivity contribution in [3.63, 3.8) is 0 Å². The summed E-state index contributed by atoms with van der Waals surface area (Å²) in [6.07, 6.45) is 0. The molecule has 2 aromatic carbocycles. The average molecular weight is 442 g/mol. The van der Waals surface area contributed by atoms with Gasteiger partial charge in [-0.15, -0.1) is 0 Å². The summed E-state index contributed by atoms with van der Waals surface area (Å²) in [7, 11) is 9.07. The molecule has 3 rings (SSSR count). The molecule has 1 heterocycles. The summed E-state index contributed by atoms with van der Waals surface area (Å²) in [5, 5.41) is 0. The molecule has 0 saturated carbocycles. The molecule has 0 unspecified atom stereocenters. The van der Waals surface area contributed by atoms with Crippen molar-refractivity contribution in [2.45, 2.75) is 6.92 Å². The second-order valence-electron chi connectivity index (χ2n) is 6.66. The Kier molecular flexibility index (Phi) is 6.77. The van der Waals surface area contributed by atoms with Crippen LogP contribution in [0, 0.1) is 6.92 Å². The van der Waals surface area contributed by atoms with Gasteiger partial charge in [-0.05, 0) is 37.3 Å². The Bertz CT molecular complexity index is 1110. The predicted octanol–water partition coefficient (Wildman–Crippen LogP) is 3.19. The zero-order chi connectivity index (χ0) is 23.4. The Labute approximate surface area is 186 Å². The van der Waals surface area contributed by atoms with Gasteiger partial charge in [-0.3, -0.25) is 4.79 Å². The number of hydrogen-bond acceptors (Lipinski definition) is 8. The van der Waals surface area contributed by atoms with Crippen LogP contribution >= 0.6 is 0 Å². The Morgan fingerprint density at radius 3 is 1.88 bits per heavy atom. The highest BCUT2D eigenvalue weighted by Gasteiger charge is 2.26. The summed E-state index contributed by atoms with van der Waals surface area (Å²) >= 11 is 0. The largest absolute Gasteiger partial charge is 0.493 e. The Hall–Kier alpha value is -3.88. The molecule has 1 aromatic heterocycles. The third kappa shape index (κ3) is 3.89. The van der Waals surface area contributed by atoms with E-state index in [0.29, 0.717) is 51.4 Å². The van der Waals surface area contributed by atoms with Gasteiger partial charge in [-0.2, -0.15) is 4.73 Å². The third-order valence-corrected chi connectivity index (χ3v) is 4.98. The fraction of sp³-hybridized carbons (Fsp3) is 0.304. The Morgan fingerprint density at radius 2 is 1.38 bits per heavy atom. The van der Waals surface area contributed by atoms with Crippen molar-refractivity contribution in [1.29, 1.82) is 0 Å². The lowest BCUT2D eigenvalue weighted by atomic mass is 10.1. The number of aryl methyl sites for hydroxylation is 1. The lowest BCUT2D eigenvalue weighted by Crippen LogP contribution is -2.17. The summed E-state index contributed by atoms with van der Waals surface area (Å²) in [6.45, 7) is 1.74. The Balaban J connectivity index is 2.15. The second-order valence-corrected chi connectivity index (χ2v) is 6.66. The van der Waals surface area contributed by atoms with Crippen molar-refractivity contribution in [3.05, 3.63) is 47.3 Å². The van der Waals surface area contributed by atoms with E-state index in [1.54, 1.807) is 45.4 Å². The molecule has 0 saturated heterocycles. The van der Waals surface area contributed by atoms with E-state index in [-0.39, 0.29) is 11.5 Å². The third-order valence-electron chi connectivity index (χ3n) is 4.98. The summed E-state index contributed by atoms with van der Waals surface area (Å²) in [4.78, 5) is 23.7. The minimum atomic E-state index is -0.317. The Morgan fingerprint density at radius 1 is 0.781 bits per heavy atom. The molecular weight excluding hydrogens is 416 g/mol. The van der Waals surface area contributed by atoms with E-state index in [2.05, 4.69) is 4.98 Å². The second kappa shape index (κ2) is 9.51. The van der Waals surface area contributed by atoms with Gasteiger partial charge in [0.1, 0.15) is 7.11 Å². The molecule has 0 bridgehead atoms. The lowest BCUT2D eigenvalue weighted by molar-refractivity contribution is 0.0978. The maximum Gasteiger partial charge on any atom is 0.215 e. The van der Waals surface area contributed by atoms with Gasteiger partial charge in [0.05, 0.1) is 41.2 Å². The maximum absolute atomic E-state index is 13.5. The van der Waals surface area contributed by atoms with Crippen LogP contribution in [-0.4, -0.2) is 58.2 Å². The summed E-state index contributed by atoms with van der Waals surface area (Å²) < 4.78 is 28.2. The standard InChI is InChI=1S/C23H26N2O7/c1-13-20(21(26)15-11-18(29-4)22(31-6)19(12-15)30-5)25(32-7)23(24-13)14-8-9-16(27-2)17(10-14)28-3/h8-12H,1-7H3. The van der Waals surface area contributed by atoms with E-state index in [0.717, 1.165) is 0 Å². The van der Waals surface area contributed by atoms with E-state index >= 15 is 0 Å². The van der Waals surface area contributed by atoms with Crippen LogP contribution in [0.15, 0.2) is 30.3 Å². The van der Waals surface area contributed by atoms with E-state index in [1.165, 1.54) is 33.2 Å². The molecule has 9 nitrogen and oxygen atoms in total. The molecule has 0 radical (unpaired) electrons. The SMILES string of the molecule is COc1ccc(-c2nc(C)c(C(=O)c3cc(OC)c(OC)c(OC)c3)n2OC)cc1OC. The number of methoxy groups -OCH3 is 5. The van der Waals surface area contributed by atoms with Crippen molar-refractivity contribution in [2.75, 3.05) is 42.7 Å². The molecule has 170 valence electrons. The van der Waals surface area contributed by atoms with Crippen LogP contribution in [0.4, 0.5) is 0 Å². The molecule has 0 fully saturated rings. The van der Waals surface area contributed by atoms with Crippen LogP contribution < -0.4 is 28.5 Å². The van der Waals surface area contributed by atoms with Gasteiger partial charge >= 0.3 is 0 Å². The first-order valence-electron chi connectivity index (χ1n) is 9.64. The van der Waals surface area contributed by atoms with E-state index in [9.17, 15) is 4.79 Å². The number of aromatic nitrogens is 2. The first-order valence-corrected chi connectivity index (χ1v) is 9.64. The van der Waals surface area contributed by atoms with Gasteiger partial charge in [0, 0.05) is 11.1 Å². The number of ketones is 1. The normalized spacial score (nSPS) is 10.5. The molecule has 0 aliphatic rings. The molecule has 0 aliphatic heterocycles. The summed E-state index contributed by atoms with van der Waals surface area (Å²) in [5.74, 6) is 2.38. The van der Waals surface area contributed by atoms with Crippen LogP contribution in [0.3, 0.4) is 0 Å². The smallest absolute Gasteiger partial charge is 0.215 e. The fourth-order valence-electron chi connectivity index (χ4n) is 3.45. The quantitative estimate of drug-likeness (QED) is 0.467. The molecule has 0 atom stereocenters. The predicted molar refractivity (Wildman–Crippen MR) is 118 cm³/mol. The van der Waals surface area contributed by atoms with E-state index < -0.39 is 0 Å². The zero-order valence-electron chi connectivity index (χ0n) is 19.1. The van der Waals surface area contributed by atoms with Crippen molar-refractivity contribution in [2.24, 2.45) is 0 Å². The monoisotopic (exact) mass is 442 g/mol. The first kappa shape index (κ1) is 22.8. The van der Waals surface area contributed by atoms with Gasteiger partial charge in [-0.25, -0.2) is 4.98 Å². The van der Waals surface area contributed by atoms with Crippen molar-refractivity contribution in [1.82, 2.24) is 9.71 Å². The molecule has 0 N–H and O–H groups in total. The van der Waals surface area contributed by atoms with Gasteiger partial charge in [0.15, 0.2) is 34.5 Å². The number of benzene rings is 2. The van der Waals surface area contributed by atoms with E-state index in [4.69, 9.17) is 28.5 Å². The number of ether oxygens (including phenoxy) is 5. The summed E-state index contributed by atoms with van der Waals surface area (Å²) in [5.41, 5.74) is 1.79. The van der Waals surface area contributed by atoms with Crippen LogP contribution in [0.1, 0.15) is 21.7 Å². The zero-order valence-corrected chi connectivity index (χ0v) is 19.1. The number of hydrogen-bond donors (Lipinski definition) is 0. The number of carbonyl (C=O) groups excluding carboxylic acids is 1. The van der Waals surface area contributed by atoms with Crippen LogP contribution in [0.2, 0.25) is 0 Å². The molecular formula is C23H26N2O7. The highest BCUT2D eigenvalue weighted by molar-refractivity contribution is 6.09. The van der Waals surface area contributed by atoms with Crippen molar-refractivity contribution in [3.8, 4) is 40.1 Å². The van der Waals surface area contributed by atoms with Crippen LogP contribution in [0.25, 0.3) is 11.4 Å². The highest BCUT2D eigenvalue weighted by atomic mass is 16.6. The number of nitrogens with zero attached hydrogens (tertiary/aromatic N) is 2. The average Bonchev–Trinajstić information content (AvgIpc) is 3.17. The number of carbonyl (C=O) groups is 1. The fourth-order valence-corrected chi connectivity index (χ4v) is 3.45. The molecule has 0 aliphatic carbocycles. The molecule has 32 heavy (non-hydrogen) atoms. The maximum atomic E-state index is 13.5. The van der Waals surface area contributed by atoms with Gasteiger partial charge in [0.2, 0.25) is 11.5 Å². The minimum Gasteiger partial charge on any atom is -0.493 e. The first-order chi connectivity index (χ1) is 15.4. The van der Waals surface area contributed by atoms with Gasteiger partial charge in [-0.1, -0.05) is 0 Å². The van der Waals surface area contributed by atoms with Crippen molar-refractivity contribution < 1.29 is 33.3 Å². The molecule has 0 amide bonds. The molecule has 9 heteroatoms. The number of imidazole rings is 1. The van der Waals surface area contributed by atoms with Gasteiger partial charge < -0.3 is 28.5 Å².